The van der Waals surface area contributed by atoms with E-state index in [1.165, 1.54) is 25.4 Å². The third-order valence-electron chi connectivity index (χ3n) is 6.08. The number of nitrogens with zero attached hydrogens (tertiary/aromatic N) is 1. The van der Waals surface area contributed by atoms with Crippen LogP contribution in [0.15, 0.2) is 36.5 Å². The van der Waals surface area contributed by atoms with E-state index in [2.05, 4.69) is 15.6 Å². The zero-order chi connectivity index (χ0) is 21.5. The van der Waals surface area contributed by atoms with Gasteiger partial charge in [0.15, 0.2) is 0 Å². The minimum absolute atomic E-state index is 0.0506. The van der Waals surface area contributed by atoms with E-state index in [9.17, 15) is 14.0 Å². The molecule has 1 unspecified atom stereocenters. The highest BCUT2D eigenvalue weighted by Crippen LogP contribution is 2.54. The lowest BCUT2D eigenvalue weighted by atomic mass is 9.50. The van der Waals surface area contributed by atoms with Crippen molar-refractivity contribution in [2.24, 2.45) is 5.92 Å². The number of hydrogen-bond donors (Lipinski definition) is 2. The molecule has 2 fully saturated rings. The second-order valence-corrected chi connectivity index (χ2v) is 8.09. The summed E-state index contributed by atoms with van der Waals surface area (Å²) in [6.45, 7) is -0.141. The Balaban J connectivity index is 1.82. The molecule has 0 spiro atoms. The smallest absolute Gasteiger partial charge is 0.244 e. The number of hydrogen-bond acceptors (Lipinski definition) is 4. The molecule has 2 amide bonds. The zero-order valence-corrected chi connectivity index (χ0v) is 16.9. The normalized spacial score (nSPS) is 28.5. The first-order valence-electron chi connectivity index (χ1n) is 9.51. The number of carbonyl (C=O) groups excluding carboxylic acids is 2. The van der Waals surface area contributed by atoms with Gasteiger partial charge in [-0.15, -0.1) is 0 Å². The van der Waals surface area contributed by atoms with Crippen LogP contribution in [0.2, 0.25) is 5.02 Å². The number of pyridine rings is 1. The molecule has 1 saturated heterocycles. The minimum Gasteiger partial charge on any atom is -0.381 e. The first-order chi connectivity index (χ1) is 14.3. The Bertz CT molecular complexity index is 988. The lowest BCUT2D eigenvalue weighted by molar-refractivity contribution is -0.147. The van der Waals surface area contributed by atoms with Crippen LogP contribution in [-0.4, -0.2) is 42.6 Å². The van der Waals surface area contributed by atoms with Crippen molar-refractivity contribution in [2.75, 3.05) is 13.7 Å². The van der Waals surface area contributed by atoms with Gasteiger partial charge in [-0.1, -0.05) is 23.7 Å². The first-order valence-corrected chi connectivity index (χ1v) is 9.89. The summed E-state index contributed by atoms with van der Waals surface area (Å²) in [4.78, 5) is 29.1. The fourth-order valence-corrected chi connectivity index (χ4v) is 4.79. The molecule has 1 aliphatic carbocycles. The van der Waals surface area contributed by atoms with Crippen molar-refractivity contribution in [2.45, 2.75) is 30.4 Å². The van der Waals surface area contributed by atoms with E-state index in [0.29, 0.717) is 6.42 Å². The second kappa shape index (κ2) is 7.92. The molecule has 6 nitrogen and oxygen atoms in total. The summed E-state index contributed by atoms with van der Waals surface area (Å²) in [7, 11) is 1.54. The van der Waals surface area contributed by atoms with Gasteiger partial charge in [0.2, 0.25) is 11.8 Å². The molecule has 0 bridgehead atoms. The highest BCUT2D eigenvalue weighted by atomic mass is 35.5. The van der Waals surface area contributed by atoms with Crippen LogP contribution in [0.1, 0.15) is 17.7 Å². The number of ether oxygens (including phenoxy) is 1. The van der Waals surface area contributed by atoms with E-state index >= 15 is 4.39 Å². The summed E-state index contributed by atoms with van der Waals surface area (Å²) in [5, 5.41) is 5.40. The largest absolute Gasteiger partial charge is 0.381 e. The molecule has 9 heteroatoms. The lowest BCUT2D eigenvalue weighted by Gasteiger charge is -2.57. The topological polar surface area (TPSA) is 80.3 Å². The fraction of sp³-hybridized carbons (Fsp3) is 0.381. The maximum absolute atomic E-state index is 15.1. The zero-order valence-electron chi connectivity index (χ0n) is 16.1. The predicted molar refractivity (Wildman–Crippen MR) is 105 cm³/mol. The van der Waals surface area contributed by atoms with Gasteiger partial charge in [0.1, 0.15) is 17.7 Å². The monoisotopic (exact) mass is 435 g/mol. The Hall–Kier alpha value is -2.58. The molecular weight excluding hydrogens is 416 g/mol. The maximum Gasteiger partial charge on any atom is 0.244 e. The SMILES string of the molecule is CO[C@@H]1C[C@](c2ncc(Cl)cc2F)(C2NC(=O)CNC2=O)[C@H]1Cc1ccc(F)cc1. The molecule has 1 aliphatic heterocycles. The van der Waals surface area contributed by atoms with Crippen LogP contribution < -0.4 is 10.6 Å². The third-order valence-corrected chi connectivity index (χ3v) is 6.28. The van der Waals surface area contributed by atoms with Crippen LogP contribution in [0.4, 0.5) is 8.78 Å². The number of benzene rings is 1. The van der Waals surface area contributed by atoms with Crippen molar-refractivity contribution in [3.63, 3.8) is 0 Å². The summed E-state index contributed by atoms with van der Waals surface area (Å²) in [6, 6.07) is 6.07. The van der Waals surface area contributed by atoms with Crippen LogP contribution in [0.5, 0.6) is 0 Å². The summed E-state index contributed by atoms with van der Waals surface area (Å²) in [5.41, 5.74) is -0.303. The molecule has 158 valence electrons. The van der Waals surface area contributed by atoms with Crippen molar-refractivity contribution in [3.05, 3.63) is 64.4 Å². The lowest BCUT2D eigenvalue weighted by Crippen LogP contribution is -2.73. The van der Waals surface area contributed by atoms with E-state index in [1.807, 2.05) is 0 Å². The highest BCUT2D eigenvalue weighted by Gasteiger charge is 2.63. The molecular formula is C21H20ClF2N3O3. The van der Waals surface area contributed by atoms with Gasteiger partial charge in [-0.05, 0) is 36.6 Å². The van der Waals surface area contributed by atoms with E-state index < -0.39 is 29.1 Å². The molecule has 30 heavy (non-hydrogen) atoms. The molecule has 2 aliphatic rings. The van der Waals surface area contributed by atoms with Crippen LogP contribution in [-0.2, 0) is 26.2 Å². The van der Waals surface area contributed by atoms with Crippen LogP contribution in [0.25, 0.3) is 0 Å². The molecule has 2 N–H and O–H groups in total. The number of amides is 2. The Kier molecular flexibility index (Phi) is 5.46. The van der Waals surface area contributed by atoms with E-state index in [4.69, 9.17) is 16.3 Å². The quantitative estimate of drug-likeness (QED) is 0.754. The van der Waals surface area contributed by atoms with Gasteiger partial charge in [-0.3, -0.25) is 14.6 Å². The minimum atomic E-state index is -1.15. The van der Waals surface area contributed by atoms with Crippen molar-refractivity contribution in [3.8, 4) is 0 Å². The highest BCUT2D eigenvalue weighted by molar-refractivity contribution is 6.30. The van der Waals surface area contributed by atoms with Gasteiger partial charge in [0.05, 0.1) is 28.8 Å². The standard InChI is InChI=1S/C21H20ClF2N3O3/c1-30-16-8-21(18-15(24)7-12(22)9-25-18,19-20(29)26-10-17(28)27-19)14(16)6-11-2-4-13(23)5-3-11/h2-5,7,9,14,16,19H,6,8,10H2,1H3,(H,26,29)(H,27,28)/t14-,16+,19?,21-/m0/s1. The average molecular weight is 436 g/mol. The summed E-state index contributed by atoms with van der Waals surface area (Å²) >= 11 is 5.89. The number of carbonyl (C=O) groups is 2. The molecule has 1 saturated carbocycles. The fourth-order valence-electron chi connectivity index (χ4n) is 4.64. The first kappa shape index (κ1) is 20.7. The van der Waals surface area contributed by atoms with Gasteiger partial charge < -0.3 is 15.4 Å². The summed E-state index contributed by atoms with van der Waals surface area (Å²) in [6.07, 6.45) is 1.67. The number of nitrogens with one attached hydrogen (secondary N) is 2. The van der Waals surface area contributed by atoms with E-state index in [0.717, 1.165) is 11.6 Å². The molecule has 2 heterocycles. The molecule has 2 aromatic rings. The average Bonchev–Trinajstić information content (AvgIpc) is 2.71. The second-order valence-electron chi connectivity index (χ2n) is 7.66. The predicted octanol–water partition coefficient (Wildman–Crippen LogP) is 2.14. The number of rotatable bonds is 5. The molecule has 4 rings (SSSR count). The van der Waals surface area contributed by atoms with Crippen molar-refractivity contribution >= 4 is 23.4 Å². The molecule has 4 atom stereocenters. The summed E-state index contributed by atoms with van der Waals surface area (Å²) < 4.78 is 34.0. The van der Waals surface area contributed by atoms with Crippen molar-refractivity contribution < 1.29 is 23.1 Å². The Morgan fingerprint density at radius 2 is 2.00 bits per heavy atom. The molecule has 1 aromatic heterocycles. The Morgan fingerprint density at radius 3 is 2.67 bits per heavy atom. The molecule has 0 radical (unpaired) electrons. The number of aromatic nitrogens is 1. The van der Waals surface area contributed by atoms with Crippen LogP contribution >= 0.6 is 11.6 Å². The van der Waals surface area contributed by atoms with Crippen molar-refractivity contribution in [1.82, 2.24) is 15.6 Å². The van der Waals surface area contributed by atoms with Gasteiger partial charge in [-0.2, -0.15) is 0 Å². The summed E-state index contributed by atoms with van der Waals surface area (Å²) in [5.74, 6) is -2.20. The Labute approximate surface area is 177 Å². The van der Waals surface area contributed by atoms with Crippen molar-refractivity contribution in [1.29, 1.82) is 0 Å². The number of halogens is 3. The van der Waals surface area contributed by atoms with Gasteiger partial charge in [0, 0.05) is 19.2 Å². The van der Waals surface area contributed by atoms with Gasteiger partial charge in [0.25, 0.3) is 0 Å². The Morgan fingerprint density at radius 1 is 1.27 bits per heavy atom. The van der Waals surface area contributed by atoms with Crippen LogP contribution in [0.3, 0.4) is 0 Å². The van der Waals surface area contributed by atoms with E-state index in [1.54, 1.807) is 12.1 Å². The number of methoxy groups -OCH3 is 1. The maximum atomic E-state index is 15.1. The van der Waals surface area contributed by atoms with E-state index in [-0.39, 0.29) is 41.5 Å². The molecule has 1 aromatic carbocycles. The van der Waals surface area contributed by atoms with Gasteiger partial charge >= 0.3 is 0 Å². The van der Waals surface area contributed by atoms with Gasteiger partial charge in [-0.25, -0.2) is 8.78 Å². The number of piperazine rings is 1. The third kappa shape index (κ3) is 3.44. The van der Waals surface area contributed by atoms with Crippen LogP contribution in [0, 0.1) is 17.6 Å².